The summed E-state index contributed by atoms with van der Waals surface area (Å²) in [5.41, 5.74) is 4.22. The Morgan fingerprint density at radius 2 is 2.09 bits per heavy atom. The highest BCUT2D eigenvalue weighted by atomic mass is 16.5. The lowest BCUT2D eigenvalue weighted by atomic mass is 10.2. The lowest BCUT2D eigenvalue weighted by Gasteiger charge is -2.04. The fraction of sp³-hybridized carbons (Fsp3) is 0.250. The Kier molecular flexibility index (Phi) is 4.54. The van der Waals surface area contributed by atoms with Gasteiger partial charge < -0.3 is 15.0 Å². The van der Waals surface area contributed by atoms with Crippen molar-refractivity contribution in [2.45, 2.75) is 32.4 Å². The number of hydrogen-bond donors (Lipinski definition) is 3. The molecule has 1 aliphatic carbocycles. The van der Waals surface area contributed by atoms with Crippen LogP contribution in [0.5, 0.6) is 5.75 Å². The summed E-state index contributed by atoms with van der Waals surface area (Å²) in [5.74, 6) is 0.962. The van der Waals surface area contributed by atoms with Gasteiger partial charge in [-0.2, -0.15) is 10.2 Å². The number of aromatic amines is 2. The van der Waals surface area contributed by atoms with Crippen LogP contribution in [0.3, 0.4) is 0 Å². The number of aromatic nitrogens is 6. The van der Waals surface area contributed by atoms with E-state index in [9.17, 15) is 9.59 Å². The zero-order valence-electron chi connectivity index (χ0n) is 18.8. The summed E-state index contributed by atoms with van der Waals surface area (Å²) in [4.78, 5) is 28.2. The molecule has 1 fully saturated rings. The van der Waals surface area contributed by atoms with Crippen LogP contribution in [0.25, 0.3) is 22.1 Å². The van der Waals surface area contributed by atoms with Gasteiger partial charge in [0.25, 0.3) is 5.91 Å². The lowest BCUT2D eigenvalue weighted by Crippen LogP contribution is -2.14. The number of nitrogens with zero attached hydrogens (tertiary/aromatic N) is 4. The van der Waals surface area contributed by atoms with E-state index in [0.717, 1.165) is 40.8 Å². The van der Waals surface area contributed by atoms with Crippen LogP contribution in [0.1, 0.15) is 40.5 Å². The highest BCUT2D eigenvalue weighted by Gasteiger charge is 2.27. The zero-order chi connectivity index (χ0) is 23.4. The van der Waals surface area contributed by atoms with Crippen LogP contribution in [-0.4, -0.2) is 42.5 Å². The molecule has 172 valence electrons. The number of anilines is 1. The number of amides is 1. The quantitative estimate of drug-likeness (QED) is 0.361. The topological polar surface area (TPSA) is 123 Å². The number of methoxy groups -OCH3 is 1. The SMILES string of the molecule is COc1cccc(Cn2nc(C)c3c(NC(=O)c4ccc5c(c4)[nH]c(=O)n5C4CC4)[nH]nc32)c1. The molecule has 0 saturated heterocycles. The first kappa shape index (κ1) is 20.3. The molecule has 3 N–H and O–H groups in total. The monoisotopic (exact) mass is 457 g/mol. The average Bonchev–Trinajstić information content (AvgIpc) is 3.37. The molecule has 10 heteroatoms. The summed E-state index contributed by atoms with van der Waals surface area (Å²) in [7, 11) is 1.64. The fourth-order valence-electron chi connectivity index (χ4n) is 4.44. The molecule has 0 aliphatic heterocycles. The van der Waals surface area contributed by atoms with E-state index in [0.29, 0.717) is 29.1 Å². The maximum absolute atomic E-state index is 13.0. The molecule has 2 aromatic carbocycles. The van der Waals surface area contributed by atoms with Gasteiger partial charge in [-0.1, -0.05) is 12.1 Å². The summed E-state index contributed by atoms with van der Waals surface area (Å²) in [6.07, 6.45) is 2.02. The normalized spacial score (nSPS) is 13.6. The molecule has 10 nitrogen and oxygen atoms in total. The predicted octanol–water partition coefficient (Wildman–Crippen LogP) is 3.35. The van der Waals surface area contributed by atoms with E-state index in [4.69, 9.17) is 4.74 Å². The standard InChI is InChI=1S/C24H23N7O3/c1-13-20-21(27-28-22(20)30(29-13)12-14-4-3-5-17(10-14)34-2)26-23(32)15-6-9-19-18(11-15)25-24(33)31(19)16-7-8-16/h3-6,9-11,16H,7-8,12H2,1-2H3,(H,25,33)(H2,26,27,28,32). The van der Waals surface area contributed by atoms with E-state index in [1.165, 1.54) is 0 Å². The number of rotatable bonds is 6. The van der Waals surface area contributed by atoms with E-state index in [2.05, 4.69) is 25.6 Å². The third kappa shape index (κ3) is 3.35. The van der Waals surface area contributed by atoms with Crippen LogP contribution in [0.4, 0.5) is 5.82 Å². The van der Waals surface area contributed by atoms with Crippen molar-refractivity contribution < 1.29 is 9.53 Å². The van der Waals surface area contributed by atoms with E-state index >= 15 is 0 Å². The number of carbonyl (C=O) groups is 1. The Morgan fingerprint density at radius 1 is 1.24 bits per heavy atom. The van der Waals surface area contributed by atoms with E-state index in [1.54, 1.807) is 28.5 Å². The van der Waals surface area contributed by atoms with E-state index in [-0.39, 0.29) is 17.6 Å². The van der Waals surface area contributed by atoms with Gasteiger partial charge in [0, 0.05) is 11.6 Å². The molecule has 3 aromatic heterocycles. The second kappa shape index (κ2) is 7.62. The third-order valence-electron chi connectivity index (χ3n) is 6.22. The number of imidazole rings is 1. The van der Waals surface area contributed by atoms with Crippen molar-refractivity contribution in [3.05, 3.63) is 69.8 Å². The van der Waals surface area contributed by atoms with Crippen LogP contribution < -0.4 is 15.7 Å². The molecule has 34 heavy (non-hydrogen) atoms. The Balaban J connectivity index is 1.28. The number of hydrogen-bond acceptors (Lipinski definition) is 5. The van der Waals surface area contributed by atoms with Crippen LogP contribution in [0.15, 0.2) is 47.3 Å². The minimum Gasteiger partial charge on any atom is -0.497 e. The number of aryl methyl sites for hydroxylation is 1. The van der Waals surface area contributed by atoms with Crippen LogP contribution in [-0.2, 0) is 6.54 Å². The summed E-state index contributed by atoms with van der Waals surface area (Å²) in [6, 6.07) is 13.3. The van der Waals surface area contributed by atoms with Gasteiger partial charge in [0.05, 0.1) is 35.8 Å². The highest BCUT2D eigenvalue weighted by Crippen LogP contribution is 2.35. The maximum Gasteiger partial charge on any atom is 0.326 e. The van der Waals surface area contributed by atoms with E-state index in [1.807, 2.05) is 37.3 Å². The van der Waals surface area contributed by atoms with Gasteiger partial charge in [-0.25, -0.2) is 9.48 Å². The van der Waals surface area contributed by atoms with Gasteiger partial charge in [0.15, 0.2) is 5.65 Å². The fourth-order valence-corrected chi connectivity index (χ4v) is 4.44. The number of nitrogens with one attached hydrogen (secondary N) is 3. The summed E-state index contributed by atoms with van der Waals surface area (Å²) < 4.78 is 8.87. The Hall–Kier alpha value is -4.34. The van der Waals surface area contributed by atoms with Crippen LogP contribution in [0, 0.1) is 6.92 Å². The van der Waals surface area contributed by atoms with Crippen molar-refractivity contribution in [1.29, 1.82) is 0 Å². The minimum absolute atomic E-state index is 0.135. The number of ether oxygens (including phenoxy) is 1. The van der Waals surface area contributed by atoms with Gasteiger partial charge in [-0.05, 0) is 55.7 Å². The van der Waals surface area contributed by atoms with Crippen molar-refractivity contribution in [3.63, 3.8) is 0 Å². The van der Waals surface area contributed by atoms with Gasteiger partial charge >= 0.3 is 5.69 Å². The molecular weight excluding hydrogens is 434 g/mol. The highest BCUT2D eigenvalue weighted by molar-refractivity contribution is 6.09. The molecule has 0 bridgehead atoms. The van der Waals surface area contributed by atoms with Gasteiger partial charge in [-0.3, -0.25) is 14.5 Å². The first-order valence-corrected chi connectivity index (χ1v) is 11.1. The molecule has 0 spiro atoms. The second-order valence-electron chi connectivity index (χ2n) is 8.61. The van der Waals surface area contributed by atoms with E-state index < -0.39 is 0 Å². The van der Waals surface area contributed by atoms with Crippen LogP contribution in [0.2, 0.25) is 0 Å². The summed E-state index contributed by atoms with van der Waals surface area (Å²) in [5, 5.41) is 15.6. The van der Waals surface area contributed by atoms with Crippen molar-refractivity contribution in [3.8, 4) is 5.75 Å². The molecule has 1 aliphatic rings. The van der Waals surface area contributed by atoms with Crippen molar-refractivity contribution in [2.75, 3.05) is 12.4 Å². The van der Waals surface area contributed by atoms with Gasteiger partial charge in [-0.15, -0.1) is 0 Å². The molecular formula is C24H23N7O3. The largest absolute Gasteiger partial charge is 0.497 e. The molecule has 0 atom stereocenters. The smallest absolute Gasteiger partial charge is 0.326 e. The molecule has 0 unspecified atom stereocenters. The molecule has 5 aromatic rings. The number of benzene rings is 2. The predicted molar refractivity (Wildman–Crippen MR) is 127 cm³/mol. The maximum atomic E-state index is 13.0. The number of fused-ring (bicyclic) bond motifs is 2. The first-order valence-electron chi connectivity index (χ1n) is 11.1. The van der Waals surface area contributed by atoms with Gasteiger partial charge in [0.2, 0.25) is 0 Å². The van der Waals surface area contributed by atoms with Crippen molar-refractivity contribution >= 4 is 33.8 Å². The average molecular weight is 457 g/mol. The minimum atomic E-state index is -0.299. The number of carbonyl (C=O) groups excluding carboxylic acids is 1. The Morgan fingerprint density at radius 3 is 2.88 bits per heavy atom. The number of H-pyrrole nitrogens is 2. The molecule has 3 heterocycles. The third-order valence-corrected chi connectivity index (χ3v) is 6.22. The van der Waals surface area contributed by atoms with Crippen molar-refractivity contribution in [2.24, 2.45) is 0 Å². The Labute approximate surface area is 193 Å². The molecule has 1 saturated carbocycles. The zero-order valence-corrected chi connectivity index (χ0v) is 18.8. The summed E-state index contributed by atoms with van der Waals surface area (Å²) >= 11 is 0. The lowest BCUT2D eigenvalue weighted by molar-refractivity contribution is 0.102. The van der Waals surface area contributed by atoms with Gasteiger partial charge in [0.1, 0.15) is 11.6 Å². The first-order chi connectivity index (χ1) is 16.5. The van der Waals surface area contributed by atoms with Crippen molar-refractivity contribution in [1.82, 2.24) is 29.5 Å². The second-order valence-corrected chi connectivity index (χ2v) is 8.61. The molecule has 1 amide bonds. The molecule has 0 radical (unpaired) electrons. The summed E-state index contributed by atoms with van der Waals surface area (Å²) in [6.45, 7) is 2.40. The van der Waals surface area contributed by atoms with Crippen LogP contribution >= 0.6 is 0 Å². The molecule has 6 rings (SSSR count). The Bertz CT molecular complexity index is 1620.